The Morgan fingerprint density at radius 1 is 1.50 bits per heavy atom. The van der Waals surface area contributed by atoms with Crippen LogP contribution in [0.1, 0.15) is 32.3 Å². The van der Waals surface area contributed by atoms with E-state index in [1.807, 2.05) is 20.8 Å². The molecule has 18 heavy (non-hydrogen) atoms. The van der Waals surface area contributed by atoms with Gasteiger partial charge in [0.05, 0.1) is 10.6 Å². The van der Waals surface area contributed by atoms with Gasteiger partial charge in [0.25, 0.3) is 5.69 Å². The smallest absolute Gasteiger partial charge is 0.271 e. The molecule has 0 aliphatic rings. The minimum atomic E-state index is -0.468. The van der Waals surface area contributed by atoms with E-state index in [0.29, 0.717) is 5.69 Å². The maximum Gasteiger partial charge on any atom is 0.271 e. The second-order valence-corrected chi connectivity index (χ2v) is 4.44. The summed E-state index contributed by atoms with van der Waals surface area (Å²) < 4.78 is 0. The van der Waals surface area contributed by atoms with Crippen molar-refractivity contribution < 1.29 is 9.72 Å². The first kappa shape index (κ1) is 14.2. The van der Waals surface area contributed by atoms with Crippen LogP contribution in [0.3, 0.4) is 0 Å². The van der Waals surface area contributed by atoms with Crippen LogP contribution in [0.2, 0.25) is 0 Å². The fraction of sp³-hybridized carbons (Fsp3) is 0.462. The lowest BCUT2D eigenvalue weighted by Crippen LogP contribution is -2.20. The number of benzene rings is 1. The Labute approximate surface area is 106 Å². The third-order valence-corrected chi connectivity index (χ3v) is 2.86. The van der Waals surface area contributed by atoms with E-state index in [4.69, 9.17) is 0 Å². The van der Waals surface area contributed by atoms with Crippen molar-refractivity contribution in [3.8, 4) is 0 Å². The zero-order chi connectivity index (χ0) is 13.7. The molecule has 5 heteroatoms. The number of nitro groups is 1. The largest absolute Gasteiger partial charge is 0.325 e. The minimum Gasteiger partial charge on any atom is -0.325 e. The molecule has 1 aromatic rings. The maximum atomic E-state index is 11.9. The Bertz CT molecular complexity index is 458. The summed E-state index contributed by atoms with van der Waals surface area (Å²) in [5, 5.41) is 13.4. The number of carbonyl (C=O) groups is 1. The van der Waals surface area contributed by atoms with Gasteiger partial charge in [-0.1, -0.05) is 26.3 Å². The van der Waals surface area contributed by atoms with Crippen molar-refractivity contribution in [2.45, 2.75) is 33.6 Å². The zero-order valence-corrected chi connectivity index (χ0v) is 10.9. The fourth-order valence-electron chi connectivity index (χ4n) is 1.68. The summed E-state index contributed by atoms with van der Waals surface area (Å²) in [6.45, 7) is 5.68. The summed E-state index contributed by atoms with van der Waals surface area (Å²) >= 11 is 0. The molecule has 5 nitrogen and oxygen atoms in total. The number of hydrogen-bond donors (Lipinski definition) is 1. The highest BCUT2D eigenvalue weighted by molar-refractivity contribution is 5.93. The molecule has 0 spiro atoms. The molecule has 0 aromatic heterocycles. The summed E-state index contributed by atoms with van der Waals surface area (Å²) in [4.78, 5) is 22.1. The van der Waals surface area contributed by atoms with E-state index in [-0.39, 0.29) is 17.5 Å². The molecule has 1 atom stereocenters. The molecular formula is C13H18N2O3. The molecule has 1 amide bonds. The molecule has 0 saturated carbocycles. The van der Waals surface area contributed by atoms with Gasteiger partial charge < -0.3 is 5.32 Å². The molecule has 1 aromatic carbocycles. The van der Waals surface area contributed by atoms with Gasteiger partial charge in [0.1, 0.15) is 0 Å². The second-order valence-electron chi connectivity index (χ2n) is 4.44. The third-order valence-electron chi connectivity index (χ3n) is 2.86. The van der Waals surface area contributed by atoms with E-state index in [9.17, 15) is 14.9 Å². The number of rotatable bonds is 5. The van der Waals surface area contributed by atoms with E-state index in [1.165, 1.54) is 12.1 Å². The van der Waals surface area contributed by atoms with E-state index in [1.54, 1.807) is 6.07 Å². The number of anilines is 1. The quantitative estimate of drug-likeness (QED) is 0.643. The van der Waals surface area contributed by atoms with Crippen LogP contribution in [0.15, 0.2) is 18.2 Å². The van der Waals surface area contributed by atoms with E-state index < -0.39 is 4.92 Å². The predicted molar refractivity (Wildman–Crippen MR) is 70.5 cm³/mol. The summed E-state index contributed by atoms with van der Waals surface area (Å²) in [6.07, 6.45) is 1.74. The molecule has 1 N–H and O–H groups in total. The van der Waals surface area contributed by atoms with Gasteiger partial charge in [-0.15, -0.1) is 0 Å². The summed E-state index contributed by atoms with van der Waals surface area (Å²) in [5.41, 5.74) is 1.31. The molecule has 0 saturated heterocycles. The molecule has 0 aliphatic carbocycles. The maximum absolute atomic E-state index is 11.9. The van der Waals surface area contributed by atoms with Gasteiger partial charge in [0, 0.05) is 18.1 Å². The van der Waals surface area contributed by atoms with Crippen LogP contribution in [0, 0.1) is 23.0 Å². The Morgan fingerprint density at radius 3 is 2.72 bits per heavy atom. The van der Waals surface area contributed by atoms with Crippen molar-refractivity contribution >= 4 is 17.3 Å². The fourth-order valence-corrected chi connectivity index (χ4v) is 1.68. The average Bonchev–Trinajstić information content (AvgIpc) is 2.31. The van der Waals surface area contributed by atoms with E-state index in [0.717, 1.165) is 18.4 Å². The molecule has 0 radical (unpaired) electrons. The van der Waals surface area contributed by atoms with Crippen LogP contribution in [0.4, 0.5) is 11.4 Å². The number of nitrogens with zero attached hydrogens (tertiary/aromatic N) is 1. The van der Waals surface area contributed by atoms with Gasteiger partial charge in [0.15, 0.2) is 0 Å². The lowest BCUT2D eigenvalue weighted by atomic mass is 10.0. The van der Waals surface area contributed by atoms with Crippen molar-refractivity contribution in [2.24, 2.45) is 5.92 Å². The Hall–Kier alpha value is -1.91. The Kier molecular flexibility index (Phi) is 4.83. The SMILES string of the molecule is CCC[C@H](C)C(=O)Nc1cc([N+](=O)[O-])ccc1C. The van der Waals surface area contributed by atoms with Gasteiger partial charge in [-0.25, -0.2) is 0 Å². The highest BCUT2D eigenvalue weighted by atomic mass is 16.6. The van der Waals surface area contributed by atoms with Gasteiger partial charge >= 0.3 is 0 Å². The first-order valence-electron chi connectivity index (χ1n) is 6.01. The predicted octanol–water partition coefficient (Wildman–Crippen LogP) is 3.28. The highest BCUT2D eigenvalue weighted by Gasteiger charge is 2.15. The van der Waals surface area contributed by atoms with E-state index >= 15 is 0 Å². The average molecular weight is 250 g/mol. The first-order valence-corrected chi connectivity index (χ1v) is 6.01. The number of non-ortho nitro benzene ring substituents is 1. The lowest BCUT2D eigenvalue weighted by molar-refractivity contribution is -0.384. The molecule has 0 aliphatic heterocycles. The Morgan fingerprint density at radius 2 is 2.17 bits per heavy atom. The number of nitro benzene ring substituents is 1. The molecule has 0 bridgehead atoms. The van der Waals surface area contributed by atoms with Gasteiger partial charge in [0.2, 0.25) is 5.91 Å². The van der Waals surface area contributed by atoms with Crippen molar-refractivity contribution in [3.05, 3.63) is 33.9 Å². The van der Waals surface area contributed by atoms with Crippen LogP contribution in [0.5, 0.6) is 0 Å². The Balaban J connectivity index is 2.86. The normalized spacial score (nSPS) is 11.9. The molecule has 0 heterocycles. The van der Waals surface area contributed by atoms with Gasteiger partial charge in [-0.2, -0.15) is 0 Å². The van der Waals surface area contributed by atoms with Crippen LogP contribution < -0.4 is 5.32 Å². The molecule has 1 rings (SSSR count). The lowest BCUT2D eigenvalue weighted by Gasteiger charge is -2.12. The topological polar surface area (TPSA) is 72.2 Å². The second kappa shape index (κ2) is 6.14. The third kappa shape index (κ3) is 3.55. The van der Waals surface area contributed by atoms with Crippen LogP contribution in [0.25, 0.3) is 0 Å². The van der Waals surface area contributed by atoms with Crippen LogP contribution in [-0.2, 0) is 4.79 Å². The van der Waals surface area contributed by atoms with Crippen LogP contribution >= 0.6 is 0 Å². The summed E-state index contributed by atoms with van der Waals surface area (Å²) in [7, 11) is 0. The van der Waals surface area contributed by atoms with Gasteiger partial charge in [-0.3, -0.25) is 14.9 Å². The molecule has 0 fully saturated rings. The standard InChI is InChI=1S/C13H18N2O3/c1-4-5-10(3)13(16)14-12-8-11(15(17)18)7-6-9(12)2/h6-8,10H,4-5H2,1-3H3,(H,14,16)/t10-/m0/s1. The van der Waals surface area contributed by atoms with Crippen molar-refractivity contribution in [1.82, 2.24) is 0 Å². The molecule has 98 valence electrons. The van der Waals surface area contributed by atoms with Crippen LogP contribution in [-0.4, -0.2) is 10.8 Å². The van der Waals surface area contributed by atoms with Crippen molar-refractivity contribution in [2.75, 3.05) is 5.32 Å². The number of aryl methyl sites for hydroxylation is 1. The first-order chi connectivity index (χ1) is 8.45. The molecular weight excluding hydrogens is 232 g/mol. The number of carbonyl (C=O) groups excluding carboxylic acids is 1. The number of hydrogen-bond acceptors (Lipinski definition) is 3. The summed E-state index contributed by atoms with van der Waals surface area (Å²) in [5.74, 6) is -0.186. The zero-order valence-electron chi connectivity index (χ0n) is 10.9. The highest BCUT2D eigenvalue weighted by Crippen LogP contribution is 2.22. The number of amides is 1. The monoisotopic (exact) mass is 250 g/mol. The van der Waals surface area contributed by atoms with Crippen molar-refractivity contribution in [3.63, 3.8) is 0 Å². The summed E-state index contributed by atoms with van der Waals surface area (Å²) in [6, 6.07) is 4.46. The van der Waals surface area contributed by atoms with E-state index in [2.05, 4.69) is 5.32 Å². The van der Waals surface area contributed by atoms with Gasteiger partial charge in [-0.05, 0) is 18.9 Å². The minimum absolute atomic E-state index is 0.0148. The molecule has 0 unspecified atom stereocenters. The van der Waals surface area contributed by atoms with Crippen molar-refractivity contribution in [1.29, 1.82) is 0 Å². The number of nitrogens with one attached hydrogen (secondary N) is 1.